The van der Waals surface area contributed by atoms with Gasteiger partial charge in [0.05, 0.1) is 0 Å². The molecule has 1 rings (SSSR count). The number of hydrogen-bond acceptors (Lipinski definition) is 1. The van der Waals surface area contributed by atoms with Gasteiger partial charge in [-0.2, -0.15) is 0 Å². The van der Waals surface area contributed by atoms with Crippen LogP contribution in [0.3, 0.4) is 0 Å². The summed E-state index contributed by atoms with van der Waals surface area (Å²) in [6.07, 6.45) is 6.91. The molecule has 0 aromatic carbocycles. The van der Waals surface area contributed by atoms with Crippen LogP contribution in [-0.4, -0.2) is 6.04 Å². The number of allylic oxidation sites excluding steroid dienone is 3. The Morgan fingerprint density at radius 2 is 2.55 bits per heavy atom. The molecule has 0 amide bonds. The van der Waals surface area contributed by atoms with Gasteiger partial charge in [-0.05, 0) is 19.4 Å². The maximum atomic E-state index is 5.74. The van der Waals surface area contributed by atoms with Gasteiger partial charge in [-0.25, -0.2) is 0 Å². The van der Waals surface area contributed by atoms with E-state index in [0.29, 0.717) is 6.04 Å². The highest BCUT2D eigenvalue weighted by Crippen LogP contribution is 2.13. The SMILES string of the molecule is C=C(C)NC1C=CC(Cl)=CC1. The lowest BCUT2D eigenvalue weighted by atomic mass is 10.1. The van der Waals surface area contributed by atoms with Crippen molar-refractivity contribution in [3.8, 4) is 0 Å². The van der Waals surface area contributed by atoms with Gasteiger partial charge in [0.2, 0.25) is 0 Å². The Hall–Kier alpha value is -0.690. The van der Waals surface area contributed by atoms with Gasteiger partial charge < -0.3 is 5.32 Å². The average Bonchev–Trinajstić information content (AvgIpc) is 1.93. The van der Waals surface area contributed by atoms with Crippen LogP contribution in [0.2, 0.25) is 0 Å². The van der Waals surface area contributed by atoms with Crippen molar-refractivity contribution in [3.05, 3.63) is 35.5 Å². The lowest BCUT2D eigenvalue weighted by molar-refractivity contribution is 0.674. The topological polar surface area (TPSA) is 12.0 Å². The van der Waals surface area contributed by atoms with Gasteiger partial charge in [0.15, 0.2) is 0 Å². The highest BCUT2D eigenvalue weighted by molar-refractivity contribution is 6.31. The predicted octanol–water partition coefficient (Wildman–Crippen LogP) is 2.56. The smallest absolute Gasteiger partial charge is 0.0479 e. The molecule has 0 aromatic heterocycles. The van der Waals surface area contributed by atoms with E-state index in [4.69, 9.17) is 11.6 Å². The lowest BCUT2D eigenvalue weighted by Crippen LogP contribution is -2.25. The van der Waals surface area contributed by atoms with Crippen molar-refractivity contribution in [2.45, 2.75) is 19.4 Å². The molecule has 1 atom stereocenters. The van der Waals surface area contributed by atoms with Crippen molar-refractivity contribution < 1.29 is 0 Å². The fraction of sp³-hybridized carbons (Fsp3) is 0.333. The molecule has 11 heavy (non-hydrogen) atoms. The Balaban J connectivity index is 2.43. The van der Waals surface area contributed by atoms with Crippen molar-refractivity contribution in [2.24, 2.45) is 0 Å². The van der Waals surface area contributed by atoms with Gasteiger partial charge in [0, 0.05) is 16.8 Å². The quantitative estimate of drug-likeness (QED) is 0.670. The molecule has 0 heterocycles. The summed E-state index contributed by atoms with van der Waals surface area (Å²) in [6, 6.07) is 0.370. The first-order chi connectivity index (χ1) is 5.18. The Morgan fingerprint density at radius 3 is 3.00 bits per heavy atom. The molecule has 0 saturated heterocycles. The summed E-state index contributed by atoms with van der Waals surface area (Å²) in [4.78, 5) is 0. The maximum Gasteiger partial charge on any atom is 0.0479 e. The first-order valence-corrected chi connectivity index (χ1v) is 4.02. The van der Waals surface area contributed by atoms with E-state index in [1.54, 1.807) is 0 Å². The van der Waals surface area contributed by atoms with Gasteiger partial charge in [-0.3, -0.25) is 0 Å². The average molecular weight is 170 g/mol. The van der Waals surface area contributed by atoms with Crippen LogP contribution in [0.1, 0.15) is 13.3 Å². The fourth-order valence-corrected chi connectivity index (χ4v) is 1.18. The van der Waals surface area contributed by atoms with E-state index in [0.717, 1.165) is 17.2 Å². The van der Waals surface area contributed by atoms with Gasteiger partial charge in [0.25, 0.3) is 0 Å². The van der Waals surface area contributed by atoms with E-state index in [2.05, 4.69) is 18.0 Å². The minimum absolute atomic E-state index is 0.370. The number of rotatable bonds is 2. The monoisotopic (exact) mass is 169 g/mol. The minimum Gasteiger partial charge on any atom is -0.383 e. The Labute approximate surface area is 72.4 Å². The van der Waals surface area contributed by atoms with Crippen LogP contribution in [0.4, 0.5) is 0 Å². The third-order valence-electron chi connectivity index (χ3n) is 1.49. The van der Waals surface area contributed by atoms with E-state index < -0.39 is 0 Å². The molecule has 0 fully saturated rings. The molecule has 0 saturated carbocycles. The largest absolute Gasteiger partial charge is 0.383 e. The Bertz CT molecular complexity index is 216. The molecule has 0 aliphatic heterocycles. The van der Waals surface area contributed by atoms with Crippen LogP contribution in [0.25, 0.3) is 0 Å². The van der Waals surface area contributed by atoms with Crippen molar-refractivity contribution >= 4 is 11.6 Å². The first-order valence-electron chi connectivity index (χ1n) is 3.64. The second kappa shape index (κ2) is 3.63. The van der Waals surface area contributed by atoms with Gasteiger partial charge in [-0.15, -0.1) is 0 Å². The molecule has 1 aliphatic rings. The van der Waals surface area contributed by atoms with Crippen LogP contribution in [0, 0.1) is 0 Å². The van der Waals surface area contributed by atoms with Gasteiger partial charge in [0.1, 0.15) is 0 Å². The first kappa shape index (κ1) is 8.41. The number of nitrogens with one attached hydrogen (secondary N) is 1. The predicted molar refractivity (Wildman–Crippen MR) is 49.4 cm³/mol. The summed E-state index contributed by atoms with van der Waals surface area (Å²) in [5, 5.41) is 4.04. The highest BCUT2D eigenvalue weighted by Gasteiger charge is 2.05. The van der Waals surface area contributed by atoms with E-state index in [1.807, 2.05) is 19.1 Å². The number of hydrogen-bond donors (Lipinski definition) is 1. The zero-order valence-electron chi connectivity index (χ0n) is 6.60. The second-order valence-electron chi connectivity index (χ2n) is 2.71. The van der Waals surface area contributed by atoms with Crippen LogP contribution in [-0.2, 0) is 0 Å². The molecule has 1 nitrogen and oxygen atoms in total. The zero-order valence-corrected chi connectivity index (χ0v) is 7.36. The Kier molecular flexibility index (Phi) is 2.77. The van der Waals surface area contributed by atoms with Crippen LogP contribution in [0.5, 0.6) is 0 Å². The summed E-state index contributed by atoms with van der Waals surface area (Å²) in [5.74, 6) is 0. The Morgan fingerprint density at radius 1 is 1.82 bits per heavy atom. The maximum absolute atomic E-state index is 5.74. The summed E-state index contributed by atoms with van der Waals surface area (Å²) in [7, 11) is 0. The normalized spacial score (nSPS) is 22.7. The molecule has 2 heteroatoms. The van der Waals surface area contributed by atoms with Crippen molar-refractivity contribution in [1.82, 2.24) is 5.32 Å². The van der Waals surface area contributed by atoms with Crippen LogP contribution < -0.4 is 5.32 Å². The minimum atomic E-state index is 0.370. The summed E-state index contributed by atoms with van der Waals surface area (Å²) in [6.45, 7) is 5.72. The third kappa shape index (κ3) is 2.81. The van der Waals surface area contributed by atoms with Gasteiger partial charge in [-0.1, -0.05) is 30.3 Å². The molecule has 0 spiro atoms. The van der Waals surface area contributed by atoms with Crippen LogP contribution >= 0.6 is 11.6 Å². The molecule has 1 unspecified atom stereocenters. The van der Waals surface area contributed by atoms with E-state index in [9.17, 15) is 0 Å². The fourth-order valence-electron chi connectivity index (χ4n) is 1.02. The van der Waals surface area contributed by atoms with Crippen molar-refractivity contribution in [2.75, 3.05) is 0 Å². The highest BCUT2D eigenvalue weighted by atomic mass is 35.5. The number of halogens is 1. The van der Waals surface area contributed by atoms with Crippen molar-refractivity contribution in [3.63, 3.8) is 0 Å². The molecule has 0 radical (unpaired) electrons. The molecule has 0 aromatic rings. The molecule has 1 N–H and O–H groups in total. The molecule has 0 bridgehead atoms. The summed E-state index contributed by atoms with van der Waals surface area (Å²) < 4.78 is 0. The molecule has 1 aliphatic carbocycles. The standard InChI is InChI=1S/C9H12ClN/c1-7(2)11-9-5-3-8(10)4-6-9/h3-5,9,11H,1,6H2,2H3. The van der Waals surface area contributed by atoms with E-state index >= 15 is 0 Å². The molecule has 60 valence electrons. The van der Waals surface area contributed by atoms with E-state index in [1.165, 1.54) is 0 Å². The zero-order chi connectivity index (χ0) is 8.27. The third-order valence-corrected chi connectivity index (χ3v) is 1.77. The van der Waals surface area contributed by atoms with Crippen LogP contribution in [0.15, 0.2) is 35.5 Å². The van der Waals surface area contributed by atoms with E-state index in [-0.39, 0.29) is 0 Å². The molecular weight excluding hydrogens is 158 g/mol. The van der Waals surface area contributed by atoms with Gasteiger partial charge >= 0.3 is 0 Å². The lowest BCUT2D eigenvalue weighted by Gasteiger charge is -2.16. The summed E-state index contributed by atoms with van der Waals surface area (Å²) >= 11 is 5.74. The molecular formula is C9H12ClN. The van der Waals surface area contributed by atoms with Crippen molar-refractivity contribution in [1.29, 1.82) is 0 Å². The summed E-state index contributed by atoms with van der Waals surface area (Å²) in [5.41, 5.74) is 0.992. The second-order valence-corrected chi connectivity index (χ2v) is 3.15.